The highest BCUT2D eigenvalue weighted by atomic mass is 16.5. The quantitative estimate of drug-likeness (QED) is 0.526. The maximum Gasteiger partial charge on any atom is 0.239 e. The molecule has 4 rings (SSSR count). The summed E-state index contributed by atoms with van der Waals surface area (Å²) in [6, 6.07) is 16.9. The zero-order valence-electron chi connectivity index (χ0n) is 18.6. The summed E-state index contributed by atoms with van der Waals surface area (Å²) < 4.78 is 5.79. The summed E-state index contributed by atoms with van der Waals surface area (Å²) in [5.41, 5.74) is 6.30. The molecular formula is C27H34N2O2. The molecule has 4 nitrogen and oxygen atoms in total. The third-order valence-electron chi connectivity index (χ3n) is 6.35. The zero-order chi connectivity index (χ0) is 21.5. The van der Waals surface area contributed by atoms with E-state index in [9.17, 15) is 4.79 Å². The first-order valence-corrected chi connectivity index (χ1v) is 11.8. The van der Waals surface area contributed by atoms with Crippen LogP contribution in [0, 0.1) is 0 Å². The van der Waals surface area contributed by atoms with E-state index in [2.05, 4.69) is 54.0 Å². The van der Waals surface area contributed by atoms with Gasteiger partial charge in [0.2, 0.25) is 5.91 Å². The van der Waals surface area contributed by atoms with Crippen molar-refractivity contribution in [2.24, 2.45) is 0 Å². The smallest absolute Gasteiger partial charge is 0.239 e. The minimum Gasteiger partial charge on any atom is -0.494 e. The Morgan fingerprint density at radius 2 is 1.84 bits per heavy atom. The molecule has 1 unspecified atom stereocenters. The number of amides is 1. The van der Waals surface area contributed by atoms with Crippen LogP contribution in [-0.4, -0.2) is 19.1 Å². The van der Waals surface area contributed by atoms with E-state index in [-0.39, 0.29) is 11.9 Å². The van der Waals surface area contributed by atoms with Crippen LogP contribution in [0.5, 0.6) is 5.75 Å². The first-order chi connectivity index (χ1) is 15.2. The molecule has 2 aromatic carbocycles. The number of allylic oxidation sites excluding steroid dienone is 1. The maximum atomic E-state index is 12.8. The van der Waals surface area contributed by atoms with Crippen molar-refractivity contribution in [3.8, 4) is 5.75 Å². The van der Waals surface area contributed by atoms with Crippen LogP contribution in [-0.2, 0) is 11.2 Å². The van der Waals surface area contributed by atoms with Gasteiger partial charge in [0, 0.05) is 5.70 Å². The van der Waals surface area contributed by atoms with Gasteiger partial charge in [0.15, 0.2) is 0 Å². The van der Waals surface area contributed by atoms with Crippen molar-refractivity contribution >= 4 is 11.6 Å². The van der Waals surface area contributed by atoms with Crippen molar-refractivity contribution in [2.45, 2.75) is 64.3 Å². The summed E-state index contributed by atoms with van der Waals surface area (Å²) in [5, 5.41) is 6.70. The Morgan fingerprint density at radius 3 is 2.58 bits per heavy atom. The average Bonchev–Trinajstić information content (AvgIpc) is 2.76. The predicted octanol–water partition coefficient (Wildman–Crippen LogP) is 5.54. The summed E-state index contributed by atoms with van der Waals surface area (Å²) in [6.07, 6.45) is 8.88. The summed E-state index contributed by atoms with van der Waals surface area (Å²) in [5.74, 6) is 0.961. The Morgan fingerprint density at radius 1 is 1.03 bits per heavy atom. The van der Waals surface area contributed by atoms with Gasteiger partial charge in [-0.15, -0.1) is 0 Å². The normalized spacial score (nSPS) is 17.3. The van der Waals surface area contributed by atoms with Crippen LogP contribution < -0.4 is 15.4 Å². The van der Waals surface area contributed by atoms with Crippen molar-refractivity contribution in [3.05, 3.63) is 70.8 Å². The molecule has 2 aromatic rings. The molecule has 0 aliphatic heterocycles. The standard InChI is InChI=1S/C27H34N2O2/c1-2-3-18-31-23-16-14-22(15-17-23)27(21-10-6-11-21)28-19-26(30)29-25-13-7-9-20-8-4-5-12-24(20)25/h4-5,8,12,14-17,25,28H,2-3,6-7,9-11,13,18-19H2,1H3,(H,29,30). The van der Waals surface area contributed by atoms with Gasteiger partial charge in [-0.1, -0.05) is 37.6 Å². The molecular weight excluding hydrogens is 384 g/mol. The van der Waals surface area contributed by atoms with Gasteiger partial charge in [-0.25, -0.2) is 0 Å². The van der Waals surface area contributed by atoms with Crippen LogP contribution in [0.25, 0.3) is 5.70 Å². The summed E-state index contributed by atoms with van der Waals surface area (Å²) in [6.45, 7) is 3.22. The Hall–Kier alpha value is -2.75. The SMILES string of the molecule is CCCCOc1ccc(C(NCC(=O)NC2CCCc3ccccc32)=C2CCC2)cc1. The van der Waals surface area contributed by atoms with Gasteiger partial charge in [-0.2, -0.15) is 0 Å². The highest BCUT2D eigenvalue weighted by Crippen LogP contribution is 2.33. The number of carbonyl (C=O) groups excluding carboxylic acids is 1. The number of unbranched alkanes of at least 4 members (excludes halogenated alkanes) is 1. The number of carbonyl (C=O) groups is 1. The molecule has 0 spiro atoms. The highest BCUT2D eigenvalue weighted by Gasteiger charge is 2.22. The van der Waals surface area contributed by atoms with Gasteiger partial charge >= 0.3 is 0 Å². The van der Waals surface area contributed by atoms with E-state index in [4.69, 9.17) is 4.74 Å². The predicted molar refractivity (Wildman–Crippen MR) is 126 cm³/mol. The maximum absolute atomic E-state index is 12.8. The van der Waals surface area contributed by atoms with E-state index in [0.717, 1.165) is 68.6 Å². The topological polar surface area (TPSA) is 50.4 Å². The van der Waals surface area contributed by atoms with Crippen molar-refractivity contribution in [1.29, 1.82) is 0 Å². The number of rotatable bonds is 9. The Bertz CT molecular complexity index is 911. The van der Waals surface area contributed by atoms with Crippen molar-refractivity contribution in [2.75, 3.05) is 13.2 Å². The van der Waals surface area contributed by atoms with Gasteiger partial charge in [-0.05, 0) is 91.5 Å². The summed E-state index contributed by atoms with van der Waals surface area (Å²) in [4.78, 5) is 12.8. The van der Waals surface area contributed by atoms with Gasteiger partial charge in [-0.3, -0.25) is 4.79 Å². The molecule has 1 amide bonds. The Labute approximate surface area is 186 Å². The highest BCUT2D eigenvalue weighted by molar-refractivity contribution is 5.81. The molecule has 0 saturated heterocycles. The lowest BCUT2D eigenvalue weighted by Gasteiger charge is -2.27. The molecule has 1 atom stereocenters. The molecule has 0 radical (unpaired) electrons. The van der Waals surface area contributed by atoms with E-state index in [1.807, 2.05) is 12.1 Å². The van der Waals surface area contributed by atoms with E-state index in [0.29, 0.717) is 6.54 Å². The van der Waals surface area contributed by atoms with Crippen LogP contribution in [0.3, 0.4) is 0 Å². The number of benzene rings is 2. The molecule has 4 heteroatoms. The van der Waals surface area contributed by atoms with Crippen molar-refractivity contribution in [3.63, 3.8) is 0 Å². The molecule has 0 heterocycles. The Kier molecular flexibility index (Phi) is 7.29. The molecule has 2 aliphatic carbocycles. The minimum atomic E-state index is 0.0543. The average molecular weight is 419 g/mol. The number of ether oxygens (including phenoxy) is 1. The minimum absolute atomic E-state index is 0.0543. The van der Waals surface area contributed by atoms with Crippen LogP contribution in [0.2, 0.25) is 0 Å². The Balaban J connectivity index is 1.37. The third-order valence-corrected chi connectivity index (χ3v) is 6.35. The van der Waals surface area contributed by atoms with Crippen LogP contribution in [0.4, 0.5) is 0 Å². The van der Waals surface area contributed by atoms with Crippen LogP contribution in [0.1, 0.15) is 74.6 Å². The molecule has 1 fully saturated rings. The third kappa shape index (κ3) is 5.49. The lowest BCUT2D eigenvalue weighted by Crippen LogP contribution is -2.37. The van der Waals surface area contributed by atoms with Gasteiger partial charge < -0.3 is 15.4 Å². The first kappa shape index (κ1) is 21.5. The lowest BCUT2D eigenvalue weighted by atomic mass is 9.87. The molecule has 0 aromatic heterocycles. The van der Waals surface area contributed by atoms with Crippen molar-refractivity contribution < 1.29 is 9.53 Å². The van der Waals surface area contributed by atoms with Gasteiger partial charge in [0.25, 0.3) is 0 Å². The first-order valence-electron chi connectivity index (χ1n) is 11.8. The summed E-state index contributed by atoms with van der Waals surface area (Å²) >= 11 is 0. The van der Waals surface area contributed by atoms with Crippen molar-refractivity contribution in [1.82, 2.24) is 10.6 Å². The molecule has 2 N–H and O–H groups in total. The van der Waals surface area contributed by atoms with E-state index < -0.39 is 0 Å². The second-order valence-electron chi connectivity index (χ2n) is 8.62. The number of fused-ring (bicyclic) bond motifs is 1. The fourth-order valence-corrected chi connectivity index (χ4v) is 4.40. The molecule has 0 bridgehead atoms. The fraction of sp³-hybridized carbons (Fsp3) is 0.444. The number of hydrogen-bond acceptors (Lipinski definition) is 3. The summed E-state index contributed by atoms with van der Waals surface area (Å²) in [7, 11) is 0. The largest absolute Gasteiger partial charge is 0.494 e. The second-order valence-corrected chi connectivity index (χ2v) is 8.62. The number of aryl methyl sites for hydroxylation is 1. The zero-order valence-corrected chi connectivity index (χ0v) is 18.6. The molecule has 31 heavy (non-hydrogen) atoms. The lowest BCUT2D eigenvalue weighted by molar-refractivity contribution is -0.120. The van der Waals surface area contributed by atoms with E-state index in [1.54, 1.807) is 0 Å². The van der Waals surface area contributed by atoms with E-state index in [1.165, 1.54) is 23.1 Å². The monoisotopic (exact) mass is 418 g/mol. The second kappa shape index (κ2) is 10.5. The molecule has 1 saturated carbocycles. The molecule has 2 aliphatic rings. The number of nitrogens with one attached hydrogen (secondary N) is 2. The van der Waals surface area contributed by atoms with E-state index >= 15 is 0 Å². The molecule has 164 valence electrons. The fourth-order valence-electron chi connectivity index (χ4n) is 4.40. The van der Waals surface area contributed by atoms with Crippen LogP contribution >= 0.6 is 0 Å². The van der Waals surface area contributed by atoms with Crippen LogP contribution in [0.15, 0.2) is 54.1 Å². The van der Waals surface area contributed by atoms with Gasteiger partial charge in [0.1, 0.15) is 5.75 Å². The van der Waals surface area contributed by atoms with Gasteiger partial charge in [0.05, 0.1) is 19.2 Å². The number of hydrogen-bond donors (Lipinski definition) is 2.